The van der Waals surface area contributed by atoms with Gasteiger partial charge in [-0.3, -0.25) is 14.4 Å². The monoisotopic (exact) mass is 448 g/mol. The van der Waals surface area contributed by atoms with E-state index in [4.69, 9.17) is 14.2 Å². The SMILES string of the molecule is O=C(c1ccc2c(c1)OCCO2)C1CCN(C(=O)CSCC(=O)N2CCOCC2)CC1. The highest BCUT2D eigenvalue weighted by molar-refractivity contribution is 8.00. The molecular weight excluding hydrogens is 420 g/mol. The van der Waals surface area contributed by atoms with Gasteiger partial charge in [0.15, 0.2) is 17.3 Å². The zero-order chi connectivity index (χ0) is 21.6. The Labute approximate surface area is 186 Å². The molecule has 0 N–H and O–H groups in total. The summed E-state index contributed by atoms with van der Waals surface area (Å²) in [5.74, 6) is 1.98. The van der Waals surface area contributed by atoms with E-state index >= 15 is 0 Å². The molecule has 2 amide bonds. The Hall–Kier alpha value is -2.26. The number of carbonyl (C=O) groups excluding carboxylic acids is 3. The Balaban J connectivity index is 1.20. The van der Waals surface area contributed by atoms with Crippen molar-refractivity contribution in [2.75, 3.05) is 64.1 Å². The highest BCUT2D eigenvalue weighted by atomic mass is 32.2. The van der Waals surface area contributed by atoms with Gasteiger partial charge >= 0.3 is 0 Å². The van der Waals surface area contributed by atoms with Crippen LogP contribution < -0.4 is 9.47 Å². The predicted octanol–water partition coefficient (Wildman–Crippen LogP) is 1.47. The van der Waals surface area contributed by atoms with Gasteiger partial charge in [0.1, 0.15) is 13.2 Å². The molecule has 31 heavy (non-hydrogen) atoms. The number of fused-ring (bicyclic) bond motifs is 1. The number of likely N-dealkylation sites (tertiary alicyclic amines) is 1. The van der Waals surface area contributed by atoms with E-state index in [1.165, 1.54) is 11.8 Å². The van der Waals surface area contributed by atoms with Crippen LogP contribution in [0, 0.1) is 5.92 Å². The van der Waals surface area contributed by atoms with Gasteiger partial charge in [-0.25, -0.2) is 0 Å². The third-order valence-corrected chi connectivity index (χ3v) is 6.76. The number of carbonyl (C=O) groups is 3. The molecule has 168 valence electrons. The first-order chi connectivity index (χ1) is 15.1. The van der Waals surface area contributed by atoms with Crippen LogP contribution in [0.15, 0.2) is 18.2 Å². The average molecular weight is 449 g/mol. The highest BCUT2D eigenvalue weighted by Gasteiger charge is 2.29. The summed E-state index contributed by atoms with van der Waals surface area (Å²) >= 11 is 1.36. The summed E-state index contributed by atoms with van der Waals surface area (Å²) in [7, 11) is 0. The van der Waals surface area contributed by atoms with Crippen molar-refractivity contribution in [3.05, 3.63) is 23.8 Å². The van der Waals surface area contributed by atoms with Crippen molar-refractivity contribution >= 4 is 29.4 Å². The number of hydrogen-bond acceptors (Lipinski definition) is 7. The molecule has 1 aromatic carbocycles. The molecule has 0 unspecified atom stereocenters. The van der Waals surface area contributed by atoms with Crippen molar-refractivity contribution in [1.29, 1.82) is 0 Å². The van der Waals surface area contributed by atoms with Crippen LogP contribution in [0.3, 0.4) is 0 Å². The lowest BCUT2D eigenvalue weighted by Gasteiger charge is -2.31. The summed E-state index contributed by atoms with van der Waals surface area (Å²) in [5, 5.41) is 0. The van der Waals surface area contributed by atoms with Crippen molar-refractivity contribution in [3.8, 4) is 11.5 Å². The molecule has 4 rings (SSSR count). The third kappa shape index (κ3) is 5.51. The summed E-state index contributed by atoms with van der Waals surface area (Å²) in [6, 6.07) is 5.34. The first-order valence-corrected chi connectivity index (χ1v) is 11.9. The van der Waals surface area contributed by atoms with E-state index in [0.29, 0.717) is 88.3 Å². The van der Waals surface area contributed by atoms with E-state index in [1.54, 1.807) is 28.0 Å². The van der Waals surface area contributed by atoms with Crippen LogP contribution in [0.1, 0.15) is 23.2 Å². The van der Waals surface area contributed by atoms with Crippen LogP contribution in [-0.4, -0.2) is 91.5 Å². The second-order valence-corrected chi connectivity index (χ2v) is 8.85. The van der Waals surface area contributed by atoms with Crippen LogP contribution in [-0.2, 0) is 14.3 Å². The lowest BCUT2D eigenvalue weighted by atomic mass is 9.88. The van der Waals surface area contributed by atoms with E-state index in [-0.39, 0.29) is 29.3 Å². The molecule has 0 aromatic heterocycles. The number of benzene rings is 1. The molecule has 8 nitrogen and oxygen atoms in total. The highest BCUT2D eigenvalue weighted by Crippen LogP contribution is 2.32. The fraction of sp³-hybridized carbons (Fsp3) is 0.591. The van der Waals surface area contributed by atoms with Crippen molar-refractivity contribution in [1.82, 2.24) is 9.80 Å². The van der Waals surface area contributed by atoms with Gasteiger partial charge in [-0.2, -0.15) is 0 Å². The Morgan fingerprint density at radius 1 is 0.839 bits per heavy atom. The van der Waals surface area contributed by atoms with Crippen molar-refractivity contribution in [2.24, 2.45) is 5.92 Å². The lowest BCUT2D eigenvalue weighted by molar-refractivity contribution is -0.132. The molecule has 0 saturated carbocycles. The standard InChI is InChI=1S/C22H28N2O6S/c25-20(14-31-15-21(26)24-7-9-28-10-8-24)23-5-3-16(4-6-23)22(27)17-1-2-18-19(13-17)30-12-11-29-18/h1-2,13,16H,3-12,14-15H2. The van der Waals surface area contributed by atoms with Gasteiger partial charge in [-0.05, 0) is 31.0 Å². The van der Waals surface area contributed by atoms with Crippen LogP contribution in [0.4, 0.5) is 0 Å². The minimum absolute atomic E-state index is 0.0324. The number of ether oxygens (including phenoxy) is 3. The Morgan fingerprint density at radius 2 is 1.45 bits per heavy atom. The Bertz CT molecular complexity index is 818. The lowest BCUT2D eigenvalue weighted by Crippen LogP contribution is -2.42. The number of hydrogen-bond donors (Lipinski definition) is 0. The molecule has 0 bridgehead atoms. The van der Waals surface area contributed by atoms with E-state index in [0.717, 1.165) is 0 Å². The molecule has 0 spiro atoms. The fourth-order valence-corrected chi connectivity index (χ4v) is 4.86. The number of nitrogens with zero attached hydrogens (tertiary/aromatic N) is 2. The molecule has 3 aliphatic heterocycles. The van der Waals surface area contributed by atoms with Gasteiger partial charge in [0.2, 0.25) is 11.8 Å². The Kier molecular flexibility index (Phi) is 7.34. The van der Waals surface area contributed by atoms with Gasteiger partial charge < -0.3 is 24.0 Å². The summed E-state index contributed by atoms with van der Waals surface area (Å²) in [5.41, 5.74) is 0.631. The fourth-order valence-electron chi connectivity index (χ4n) is 4.04. The maximum atomic E-state index is 12.9. The number of morpholine rings is 1. The van der Waals surface area contributed by atoms with Crippen molar-refractivity contribution < 1.29 is 28.6 Å². The Morgan fingerprint density at radius 3 is 2.13 bits per heavy atom. The minimum Gasteiger partial charge on any atom is -0.486 e. The number of amides is 2. The zero-order valence-electron chi connectivity index (χ0n) is 17.5. The molecule has 2 saturated heterocycles. The molecule has 0 radical (unpaired) electrons. The molecule has 2 fully saturated rings. The number of piperidine rings is 1. The van der Waals surface area contributed by atoms with E-state index in [9.17, 15) is 14.4 Å². The van der Waals surface area contributed by atoms with Gasteiger partial charge in [-0.15, -0.1) is 11.8 Å². The molecule has 0 atom stereocenters. The van der Waals surface area contributed by atoms with Gasteiger partial charge in [-0.1, -0.05) is 0 Å². The van der Waals surface area contributed by atoms with Crippen LogP contribution in [0.5, 0.6) is 11.5 Å². The van der Waals surface area contributed by atoms with Gasteiger partial charge in [0.05, 0.1) is 24.7 Å². The first-order valence-electron chi connectivity index (χ1n) is 10.8. The zero-order valence-corrected chi connectivity index (χ0v) is 18.4. The number of Topliss-reactive ketones (excluding diaryl/α,β-unsaturated/α-hetero) is 1. The van der Waals surface area contributed by atoms with Gasteiger partial charge in [0.25, 0.3) is 0 Å². The molecular formula is C22H28N2O6S. The number of thioether (sulfide) groups is 1. The summed E-state index contributed by atoms with van der Waals surface area (Å²) in [6.45, 7) is 4.55. The largest absolute Gasteiger partial charge is 0.486 e. The predicted molar refractivity (Wildman–Crippen MR) is 116 cm³/mol. The third-order valence-electron chi connectivity index (χ3n) is 5.86. The summed E-state index contributed by atoms with van der Waals surface area (Å²) in [6.07, 6.45) is 1.30. The molecule has 3 aliphatic rings. The summed E-state index contributed by atoms with van der Waals surface area (Å²) < 4.78 is 16.3. The van der Waals surface area contributed by atoms with E-state index in [1.807, 2.05) is 0 Å². The second kappa shape index (κ2) is 10.4. The maximum Gasteiger partial charge on any atom is 0.232 e. The minimum atomic E-state index is -0.0952. The topological polar surface area (TPSA) is 85.4 Å². The van der Waals surface area contributed by atoms with Crippen LogP contribution in [0.25, 0.3) is 0 Å². The van der Waals surface area contributed by atoms with Crippen LogP contribution in [0.2, 0.25) is 0 Å². The van der Waals surface area contributed by atoms with Crippen molar-refractivity contribution in [3.63, 3.8) is 0 Å². The van der Waals surface area contributed by atoms with E-state index < -0.39 is 0 Å². The number of ketones is 1. The quantitative estimate of drug-likeness (QED) is 0.609. The molecule has 0 aliphatic carbocycles. The second-order valence-electron chi connectivity index (χ2n) is 7.86. The normalized spacial score (nSPS) is 19.2. The maximum absolute atomic E-state index is 12.9. The molecule has 9 heteroatoms. The number of rotatable bonds is 6. The molecule has 1 aromatic rings. The van der Waals surface area contributed by atoms with Gasteiger partial charge in [0, 0.05) is 37.7 Å². The van der Waals surface area contributed by atoms with E-state index in [2.05, 4.69) is 0 Å². The summed E-state index contributed by atoms with van der Waals surface area (Å²) in [4.78, 5) is 41.2. The van der Waals surface area contributed by atoms with Crippen molar-refractivity contribution in [2.45, 2.75) is 12.8 Å². The first kappa shape index (κ1) is 22.0. The van der Waals surface area contributed by atoms with Crippen LogP contribution >= 0.6 is 11.8 Å². The average Bonchev–Trinajstić information content (AvgIpc) is 2.83. The molecule has 3 heterocycles. The smallest absolute Gasteiger partial charge is 0.232 e.